The van der Waals surface area contributed by atoms with Crippen LogP contribution in [0.15, 0.2) is 31.1 Å². The van der Waals surface area contributed by atoms with Crippen molar-refractivity contribution in [2.24, 2.45) is 0 Å². The summed E-state index contributed by atoms with van der Waals surface area (Å²) >= 11 is 7.52. The van der Waals surface area contributed by atoms with Gasteiger partial charge in [0, 0.05) is 18.3 Å². The first-order valence-corrected chi connectivity index (χ1v) is 9.35. The predicted octanol–water partition coefficient (Wildman–Crippen LogP) is 1.97. The van der Waals surface area contributed by atoms with Gasteiger partial charge in [-0.2, -0.15) is 4.72 Å². The summed E-state index contributed by atoms with van der Waals surface area (Å²) in [5.41, 5.74) is 0.524. The van der Waals surface area contributed by atoms with E-state index >= 15 is 0 Å². The number of sulfonamides is 1. The molecule has 0 spiro atoms. The van der Waals surface area contributed by atoms with Crippen LogP contribution in [0.5, 0.6) is 0 Å². The van der Waals surface area contributed by atoms with Gasteiger partial charge in [0.1, 0.15) is 10.9 Å². The molecule has 0 aromatic carbocycles. The lowest BCUT2D eigenvalue weighted by Gasteiger charge is -2.13. The van der Waals surface area contributed by atoms with E-state index in [1.165, 1.54) is 29.9 Å². The number of rotatable bonds is 6. The fourth-order valence-electron chi connectivity index (χ4n) is 1.55. The molecule has 21 heavy (non-hydrogen) atoms. The number of carboxylic acid groups (broad SMARTS) is 1. The van der Waals surface area contributed by atoms with Gasteiger partial charge in [0.15, 0.2) is 0 Å². The lowest BCUT2D eigenvalue weighted by atomic mass is 10.2. The van der Waals surface area contributed by atoms with E-state index in [4.69, 9.17) is 0 Å². The normalized spacial score (nSPS) is 13.2. The third-order valence-corrected chi connectivity index (χ3v) is 6.72. The van der Waals surface area contributed by atoms with E-state index in [2.05, 4.69) is 46.5 Å². The van der Waals surface area contributed by atoms with Crippen LogP contribution in [-0.4, -0.2) is 35.5 Å². The van der Waals surface area contributed by atoms with Crippen LogP contribution in [-0.2, 0) is 21.2 Å². The highest BCUT2D eigenvalue weighted by molar-refractivity contribution is 9.12. The number of aromatic amines is 1. The quantitative estimate of drug-likeness (QED) is 0.612. The van der Waals surface area contributed by atoms with Crippen LogP contribution >= 0.6 is 43.2 Å². The molecule has 0 unspecified atom stereocenters. The van der Waals surface area contributed by atoms with Crippen LogP contribution < -0.4 is 4.72 Å². The highest BCUT2D eigenvalue weighted by Crippen LogP contribution is 2.34. The van der Waals surface area contributed by atoms with E-state index in [-0.39, 0.29) is 11.3 Å². The number of hydrogen-bond acceptors (Lipinski definition) is 5. The van der Waals surface area contributed by atoms with E-state index in [9.17, 15) is 18.3 Å². The van der Waals surface area contributed by atoms with Crippen molar-refractivity contribution in [3.63, 3.8) is 0 Å². The fourth-order valence-corrected chi connectivity index (χ4v) is 6.56. The monoisotopic (exact) mass is 457 g/mol. The van der Waals surface area contributed by atoms with Gasteiger partial charge < -0.3 is 10.1 Å². The number of aliphatic carboxylic acids is 1. The number of hydrogen-bond donors (Lipinski definition) is 3. The van der Waals surface area contributed by atoms with Crippen LogP contribution in [0.25, 0.3) is 0 Å². The van der Waals surface area contributed by atoms with Gasteiger partial charge in [-0.25, -0.2) is 13.4 Å². The summed E-state index contributed by atoms with van der Waals surface area (Å²) in [6.45, 7) is 0. The minimum Gasteiger partial charge on any atom is -0.480 e. The zero-order valence-electron chi connectivity index (χ0n) is 10.2. The number of imidazole rings is 1. The van der Waals surface area contributed by atoms with Gasteiger partial charge in [0.2, 0.25) is 10.0 Å². The molecule has 0 aliphatic heterocycles. The Morgan fingerprint density at radius 3 is 2.71 bits per heavy atom. The van der Waals surface area contributed by atoms with Gasteiger partial charge in [-0.05, 0) is 37.9 Å². The molecule has 114 valence electrons. The second-order valence-electron chi connectivity index (χ2n) is 3.98. The minimum absolute atomic E-state index is 0.00441. The Bertz CT molecular complexity index is 742. The lowest BCUT2D eigenvalue weighted by molar-refractivity contribution is -0.138. The topological polar surface area (TPSA) is 112 Å². The molecule has 2 rings (SSSR count). The van der Waals surface area contributed by atoms with Crippen LogP contribution in [0.1, 0.15) is 5.69 Å². The van der Waals surface area contributed by atoms with Gasteiger partial charge >= 0.3 is 5.97 Å². The number of carboxylic acids is 1. The van der Waals surface area contributed by atoms with Crippen molar-refractivity contribution >= 4 is 59.2 Å². The fraction of sp³-hybridized carbons (Fsp3) is 0.200. The van der Waals surface area contributed by atoms with Crippen molar-refractivity contribution in [3.05, 3.63) is 31.9 Å². The smallest absolute Gasteiger partial charge is 0.322 e. The number of nitrogens with zero attached hydrogens (tertiary/aromatic N) is 1. The first-order chi connectivity index (χ1) is 9.79. The molecule has 0 aliphatic rings. The van der Waals surface area contributed by atoms with Crippen LogP contribution in [0.3, 0.4) is 0 Å². The second-order valence-corrected chi connectivity index (χ2v) is 9.41. The summed E-state index contributed by atoms with van der Waals surface area (Å²) in [6.07, 6.45) is 2.81. The van der Waals surface area contributed by atoms with Gasteiger partial charge in [0.05, 0.1) is 13.9 Å². The Hall–Kier alpha value is -0.750. The third kappa shape index (κ3) is 4.13. The molecule has 2 heterocycles. The predicted molar refractivity (Wildman–Crippen MR) is 83.8 cm³/mol. The number of nitrogens with one attached hydrogen (secondary N) is 2. The number of halogens is 2. The molecular formula is C10H9Br2N3O4S2. The second kappa shape index (κ2) is 6.57. The molecule has 0 bridgehead atoms. The molecule has 2 aromatic heterocycles. The summed E-state index contributed by atoms with van der Waals surface area (Å²) in [7, 11) is -3.95. The molecular weight excluding hydrogens is 450 g/mol. The number of carbonyl (C=O) groups is 1. The molecule has 0 radical (unpaired) electrons. The van der Waals surface area contributed by atoms with Gasteiger partial charge in [-0.1, -0.05) is 0 Å². The molecule has 3 N–H and O–H groups in total. The lowest BCUT2D eigenvalue weighted by Crippen LogP contribution is -2.42. The van der Waals surface area contributed by atoms with Crippen molar-refractivity contribution in [2.75, 3.05) is 0 Å². The summed E-state index contributed by atoms with van der Waals surface area (Å²) in [5, 5.41) is 9.18. The van der Waals surface area contributed by atoms with Gasteiger partial charge in [-0.15, -0.1) is 11.3 Å². The number of thiophene rings is 1. The maximum Gasteiger partial charge on any atom is 0.322 e. The van der Waals surface area contributed by atoms with Gasteiger partial charge in [-0.3, -0.25) is 4.79 Å². The van der Waals surface area contributed by atoms with Crippen molar-refractivity contribution < 1.29 is 18.3 Å². The molecule has 0 amide bonds. The molecule has 11 heteroatoms. The van der Waals surface area contributed by atoms with E-state index in [1.807, 2.05) is 0 Å². The first kappa shape index (κ1) is 16.6. The van der Waals surface area contributed by atoms with Crippen molar-refractivity contribution in [3.8, 4) is 0 Å². The number of aromatic nitrogens is 2. The maximum atomic E-state index is 12.3. The van der Waals surface area contributed by atoms with Crippen LogP contribution in [0, 0.1) is 0 Å². The largest absolute Gasteiger partial charge is 0.480 e. The number of H-pyrrole nitrogens is 1. The van der Waals surface area contributed by atoms with E-state index in [1.54, 1.807) is 0 Å². The standard InChI is InChI=1S/C10H9Br2N3O4S2/c11-8-2-7(9(12)20-8)21(18,19)15-6(10(16)17)1-5-3-13-4-14-5/h2-4,6,15H,1H2,(H,13,14)(H,16,17)/t6-/m1/s1. The Labute approximate surface area is 141 Å². The molecule has 0 saturated heterocycles. The molecule has 1 atom stereocenters. The molecule has 2 aromatic rings. The minimum atomic E-state index is -3.95. The Kier molecular flexibility index (Phi) is 5.20. The SMILES string of the molecule is O=C(O)[C@@H](Cc1cnc[nH]1)NS(=O)(=O)c1cc(Br)sc1Br. The van der Waals surface area contributed by atoms with E-state index < -0.39 is 22.0 Å². The third-order valence-electron chi connectivity index (χ3n) is 2.49. The maximum absolute atomic E-state index is 12.3. The zero-order valence-corrected chi connectivity index (χ0v) is 15.0. The van der Waals surface area contributed by atoms with E-state index in [0.29, 0.717) is 13.3 Å². The molecule has 0 aliphatic carbocycles. The Morgan fingerprint density at radius 2 is 2.24 bits per heavy atom. The van der Waals surface area contributed by atoms with Gasteiger partial charge in [0.25, 0.3) is 0 Å². The average Bonchev–Trinajstić information content (AvgIpc) is 2.98. The van der Waals surface area contributed by atoms with E-state index in [0.717, 1.165) is 0 Å². The summed E-state index contributed by atoms with van der Waals surface area (Å²) in [4.78, 5) is 17.7. The average molecular weight is 459 g/mol. The molecule has 0 fully saturated rings. The first-order valence-electron chi connectivity index (χ1n) is 5.47. The Morgan fingerprint density at radius 1 is 1.52 bits per heavy atom. The highest BCUT2D eigenvalue weighted by atomic mass is 79.9. The van der Waals surface area contributed by atoms with Crippen molar-refractivity contribution in [1.29, 1.82) is 0 Å². The summed E-state index contributed by atoms with van der Waals surface area (Å²) in [6, 6.07) is 0.118. The summed E-state index contributed by atoms with van der Waals surface area (Å²) < 4.78 is 27.7. The van der Waals surface area contributed by atoms with Crippen LogP contribution in [0.2, 0.25) is 0 Å². The highest BCUT2D eigenvalue weighted by Gasteiger charge is 2.28. The summed E-state index contributed by atoms with van der Waals surface area (Å²) in [5.74, 6) is -1.27. The van der Waals surface area contributed by atoms with Crippen molar-refractivity contribution in [2.45, 2.75) is 17.4 Å². The molecule has 0 saturated carbocycles. The van der Waals surface area contributed by atoms with Crippen molar-refractivity contribution in [1.82, 2.24) is 14.7 Å². The zero-order chi connectivity index (χ0) is 15.6. The molecule has 7 nitrogen and oxygen atoms in total. The Balaban J connectivity index is 2.23. The van der Waals surface area contributed by atoms with Crippen LogP contribution in [0.4, 0.5) is 0 Å².